The van der Waals surface area contributed by atoms with Gasteiger partial charge in [0.2, 0.25) is 5.91 Å². The molecule has 34 heavy (non-hydrogen) atoms. The number of hydrogen-bond acceptors (Lipinski definition) is 6. The molecule has 0 radical (unpaired) electrons. The van der Waals surface area contributed by atoms with Crippen molar-refractivity contribution in [1.29, 1.82) is 0 Å². The maximum Gasteiger partial charge on any atom is 0.224 e. The zero-order valence-electron chi connectivity index (χ0n) is 19.8. The van der Waals surface area contributed by atoms with Crippen LogP contribution in [0.5, 0.6) is 23.0 Å². The summed E-state index contributed by atoms with van der Waals surface area (Å²) in [5, 5.41) is 12.9. The minimum Gasteiger partial charge on any atom is -0.493 e. The Labute approximate surface area is 200 Å². The molecule has 0 saturated carbocycles. The monoisotopic (exact) mass is 465 g/mol. The van der Waals surface area contributed by atoms with E-state index in [0.717, 1.165) is 11.1 Å². The van der Waals surface area contributed by atoms with E-state index < -0.39 is 0 Å². The van der Waals surface area contributed by atoms with E-state index in [-0.39, 0.29) is 18.9 Å². The Morgan fingerprint density at radius 3 is 2.26 bits per heavy atom. The lowest BCUT2D eigenvalue weighted by Crippen LogP contribution is -2.27. The number of rotatable bonds is 12. The topological polar surface area (TPSA) is 86.3 Å². The van der Waals surface area contributed by atoms with Gasteiger partial charge in [0.25, 0.3) is 0 Å². The van der Waals surface area contributed by atoms with Crippen molar-refractivity contribution in [2.45, 2.75) is 26.1 Å². The van der Waals surface area contributed by atoms with Crippen LogP contribution in [-0.4, -0.2) is 38.9 Å². The molecule has 0 aliphatic rings. The normalized spacial score (nSPS) is 10.5. The molecule has 7 heteroatoms. The highest BCUT2D eigenvalue weighted by molar-refractivity contribution is 5.79. The van der Waals surface area contributed by atoms with Gasteiger partial charge in [-0.05, 0) is 41.3 Å². The first-order valence-electron chi connectivity index (χ1n) is 11.0. The summed E-state index contributed by atoms with van der Waals surface area (Å²) in [6, 6.07) is 19.0. The summed E-state index contributed by atoms with van der Waals surface area (Å²) >= 11 is 0. The fourth-order valence-corrected chi connectivity index (χ4v) is 3.68. The average molecular weight is 466 g/mol. The second-order valence-electron chi connectivity index (χ2n) is 7.63. The minimum atomic E-state index is -0.264. The van der Waals surface area contributed by atoms with Crippen LogP contribution >= 0.6 is 0 Å². The quantitative estimate of drug-likeness (QED) is 0.424. The van der Waals surface area contributed by atoms with E-state index >= 15 is 0 Å². The van der Waals surface area contributed by atoms with Crippen molar-refractivity contribution in [2.75, 3.05) is 27.9 Å². The molecule has 7 nitrogen and oxygen atoms in total. The zero-order chi connectivity index (χ0) is 24.3. The number of methoxy groups -OCH3 is 3. The van der Waals surface area contributed by atoms with Crippen LogP contribution in [0.15, 0.2) is 60.7 Å². The van der Waals surface area contributed by atoms with E-state index in [1.54, 1.807) is 26.4 Å². The molecule has 0 aromatic heterocycles. The minimum absolute atomic E-state index is 0.122. The molecule has 0 bridgehead atoms. The third-order valence-corrected chi connectivity index (χ3v) is 5.46. The van der Waals surface area contributed by atoms with Crippen LogP contribution in [0.2, 0.25) is 0 Å². The van der Waals surface area contributed by atoms with Crippen LogP contribution in [0, 0.1) is 0 Å². The van der Waals surface area contributed by atoms with Gasteiger partial charge in [0, 0.05) is 12.1 Å². The summed E-state index contributed by atoms with van der Waals surface area (Å²) < 4.78 is 22.0. The van der Waals surface area contributed by atoms with E-state index in [2.05, 4.69) is 5.32 Å². The van der Waals surface area contributed by atoms with Crippen molar-refractivity contribution in [1.82, 2.24) is 5.32 Å². The van der Waals surface area contributed by atoms with Gasteiger partial charge in [0.15, 0.2) is 23.0 Å². The molecule has 0 aliphatic carbocycles. The summed E-state index contributed by atoms with van der Waals surface area (Å²) in [6.45, 7) is 0.580. The van der Waals surface area contributed by atoms with Crippen LogP contribution < -0.4 is 24.3 Å². The van der Waals surface area contributed by atoms with Gasteiger partial charge in [-0.3, -0.25) is 4.79 Å². The number of amides is 1. The highest BCUT2D eigenvalue weighted by Gasteiger charge is 2.17. The van der Waals surface area contributed by atoms with Crippen molar-refractivity contribution in [2.24, 2.45) is 0 Å². The van der Waals surface area contributed by atoms with Crippen molar-refractivity contribution in [3.8, 4) is 23.0 Å². The third kappa shape index (κ3) is 6.42. The van der Waals surface area contributed by atoms with Gasteiger partial charge >= 0.3 is 0 Å². The largest absolute Gasteiger partial charge is 0.493 e. The van der Waals surface area contributed by atoms with E-state index in [1.807, 2.05) is 48.5 Å². The average Bonchev–Trinajstić information content (AvgIpc) is 2.87. The van der Waals surface area contributed by atoms with E-state index in [1.165, 1.54) is 7.11 Å². The first-order valence-corrected chi connectivity index (χ1v) is 11.0. The Bertz CT molecular complexity index is 1080. The summed E-state index contributed by atoms with van der Waals surface area (Å²) in [6.07, 6.45) is 0.770. The summed E-state index contributed by atoms with van der Waals surface area (Å²) in [5.74, 6) is 2.13. The molecule has 0 heterocycles. The molecule has 0 unspecified atom stereocenters. The molecular formula is C27H31NO6. The van der Waals surface area contributed by atoms with Gasteiger partial charge in [-0.1, -0.05) is 42.5 Å². The molecule has 0 spiro atoms. The maximum absolute atomic E-state index is 12.6. The van der Waals surface area contributed by atoms with Crippen molar-refractivity contribution in [3.05, 3.63) is 82.9 Å². The highest BCUT2D eigenvalue weighted by atomic mass is 16.5. The number of aliphatic hydroxyl groups is 1. The third-order valence-electron chi connectivity index (χ3n) is 5.46. The highest BCUT2D eigenvalue weighted by Crippen LogP contribution is 2.34. The van der Waals surface area contributed by atoms with Gasteiger partial charge in [-0.25, -0.2) is 0 Å². The second-order valence-corrected chi connectivity index (χ2v) is 7.63. The van der Waals surface area contributed by atoms with Crippen LogP contribution in [0.25, 0.3) is 0 Å². The SMILES string of the molecule is COc1ccc(CCNC(=O)Cc2ccc(OCc3ccccc3)c(OC)c2CO)cc1OC. The molecule has 3 aromatic rings. The molecule has 3 aromatic carbocycles. The lowest BCUT2D eigenvalue weighted by Gasteiger charge is -2.17. The molecule has 180 valence electrons. The molecule has 0 atom stereocenters. The molecule has 1 amide bonds. The van der Waals surface area contributed by atoms with Crippen LogP contribution in [0.1, 0.15) is 22.3 Å². The Kier molecular flexibility index (Phi) is 9.17. The zero-order valence-corrected chi connectivity index (χ0v) is 19.8. The van der Waals surface area contributed by atoms with E-state index in [9.17, 15) is 9.90 Å². The standard InChI is InChI=1S/C27H31NO6/c1-31-23-11-9-19(15-25(23)32-2)13-14-28-26(30)16-21-10-12-24(27(33-3)22(21)17-29)34-18-20-7-5-4-6-8-20/h4-12,15,29H,13-14,16-18H2,1-3H3,(H,28,30). The van der Waals surface area contributed by atoms with E-state index in [0.29, 0.717) is 53.7 Å². The predicted molar refractivity (Wildman–Crippen MR) is 130 cm³/mol. The first-order chi connectivity index (χ1) is 16.6. The van der Waals surface area contributed by atoms with Crippen molar-refractivity contribution in [3.63, 3.8) is 0 Å². The summed E-state index contributed by atoms with van der Waals surface area (Å²) in [4.78, 5) is 12.6. The van der Waals surface area contributed by atoms with Gasteiger partial charge in [-0.15, -0.1) is 0 Å². The van der Waals surface area contributed by atoms with Gasteiger partial charge in [0.05, 0.1) is 34.4 Å². The van der Waals surface area contributed by atoms with Crippen molar-refractivity contribution >= 4 is 5.91 Å². The second kappa shape index (κ2) is 12.5. The van der Waals surface area contributed by atoms with Crippen molar-refractivity contribution < 1.29 is 28.8 Å². The number of nitrogens with one attached hydrogen (secondary N) is 1. The number of carbonyl (C=O) groups excluding carboxylic acids is 1. The summed E-state index contributed by atoms with van der Waals surface area (Å²) in [5.41, 5.74) is 3.28. The van der Waals surface area contributed by atoms with Crippen LogP contribution in [0.4, 0.5) is 0 Å². The predicted octanol–water partition coefficient (Wildman–Crippen LogP) is 3.69. The smallest absolute Gasteiger partial charge is 0.224 e. The fourth-order valence-electron chi connectivity index (χ4n) is 3.68. The number of ether oxygens (including phenoxy) is 4. The van der Waals surface area contributed by atoms with Gasteiger partial charge in [0.1, 0.15) is 6.61 Å². The molecule has 2 N–H and O–H groups in total. The number of aliphatic hydroxyl groups excluding tert-OH is 1. The Balaban J connectivity index is 1.61. The molecule has 0 saturated heterocycles. The van der Waals surface area contributed by atoms with Gasteiger partial charge in [-0.2, -0.15) is 0 Å². The van der Waals surface area contributed by atoms with Crippen LogP contribution in [-0.2, 0) is 30.8 Å². The molecular weight excluding hydrogens is 434 g/mol. The fraction of sp³-hybridized carbons (Fsp3) is 0.296. The summed E-state index contributed by atoms with van der Waals surface area (Å²) in [7, 11) is 4.71. The van der Waals surface area contributed by atoms with Crippen LogP contribution in [0.3, 0.4) is 0 Å². The number of carbonyl (C=O) groups is 1. The van der Waals surface area contributed by atoms with Gasteiger partial charge < -0.3 is 29.4 Å². The lowest BCUT2D eigenvalue weighted by atomic mass is 10.0. The molecule has 0 fully saturated rings. The first kappa shape index (κ1) is 24.9. The number of hydrogen-bond donors (Lipinski definition) is 2. The van der Waals surface area contributed by atoms with E-state index in [4.69, 9.17) is 18.9 Å². The Morgan fingerprint density at radius 1 is 0.853 bits per heavy atom. The maximum atomic E-state index is 12.6. The molecule has 3 rings (SSSR count). The molecule has 0 aliphatic heterocycles. The Morgan fingerprint density at radius 2 is 1.59 bits per heavy atom. The Hall–Kier alpha value is -3.71. The lowest BCUT2D eigenvalue weighted by molar-refractivity contribution is -0.120. The number of benzene rings is 3.